The van der Waals surface area contributed by atoms with Crippen LogP contribution in [0.2, 0.25) is 0 Å². The Morgan fingerprint density at radius 3 is 2.53 bits per heavy atom. The first-order chi connectivity index (χ1) is 18.3. The van der Waals surface area contributed by atoms with Gasteiger partial charge in [-0.25, -0.2) is 8.42 Å². The minimum absolute atomic E-state index is 0.0219. The van der Waals surface area contributed by atoms with Crippen molar-refractivity contribution in [1.82, 2.24) is 19.1 Å². The van der Waals surface area contributed by atoms with E-state index in [1.807, 2.05) is 11.5 Å². The molecule has 1 atom stereocenters. The zero-order valence-corrected chi connectivity index (χ0v) is 24.1. The Kier molecular flexibility index (Phi) is 9.65. The van der Waals surface area contributed by atoms with Gasteiger partial charge in [0.1, 0.15) is 5.56 Å². The number of carbonyl (C=O) groups excluding carboxylic acids is 1. The molecule has 1 N–H and O–H groups in total. The van der Waals surface area contributed by atoms with E-state index in [0.717, 1.165) is 58.0 Å². The Morgan fingerprint density at radius 2 is 1.82 bits per heavy atom. The van der Waals surface area contributed by atoms with Crippen LogP contribution >= 0.6 is 0 Å². The molecule has 0 radical (unpaired) electrons. The van der Waals surface area contributed by atoms with Gasteiger partial charge in [0.05, 0.1) is 10.4 Å². The van der Waals surface area contributed by atoms with E-state index in [9.17, 15) is 18.0 Å². The number of aryl methyl sites for hydroxylation is 1. The van der Waals surface area contributed by atoms with E-state index in [1.165, 1.54) is 29.6 Å². The number of hydrogen-bond donors (Lipinski definition) is 1. The van der Waals surface area contributed by atoms with Gasteiger partial charge in [-0.15, -0.1) is 0 Å². The van der Waals surface area contributed by atoms with Gasteiger partial charge in [-0.3, -0.25) is 9.59 Å². The van der Waals surface area contributed by atoms with Gasteiger partial charge in [0.25, 0.3) is 5.91 Å². The number of carbonyl (C=O) groups is 1. The van der Waals surface area contributed by atoms with Gasteiger partial charge < -0.3 is 14.8 Å². The number of pyridine rings is 1. The summed E-state index contributed by atoms with van der Waals surface area (Å²) >= 11 is 0. The van der Waals surface area contributed by atoms with Crippen molar-refractivity contribution in [2.45, 2.75) is 102 Å². The average molecular weight is 545 g/mol. The minimum Gasteiger partial charge on any atom is -0.352 e. The smallest absolute Gasteiger partial charge is 0.256 e. The number of hydrogen-bond acceptors (Lipinski definition) is 5. The maximum Gasteiger partial charge on any atom is 0.256 e. The lowest BCUT2D eigenvalue weighted by atomic mass is 9.96. The molecule has 1 aliphatic heterocycles. The molecule has 1 aromatic carbocycles. The van der Waals surface area contributed by atoms with Crippen LogP contribution in [0.3, 0.4) is 0 Å². The Bertz CT molecular complexity index is 1280. The molecule has 1 saturated heterocycles. The van der Waals surface area contributed by atoms with Gasteiger partial charge in [-0.05, 0) is 70.2 Å². The molecule has 1 aliphatic carbocycles. The molecule has 1 amide bonds. The first-order valence-electron chi connectivity index (χ1n) is 14.4. The van der Waals surface area contributed by atoms with Crippen LogP contribution in [-0.2, 0) is 16.6 Å². The highest BCUT2D eigenvalue weighted by Crippen LogP contribution is 2.28. The number of amides is 1. The van der Waals surface area contributed by atoms with E-state index in [4.69, 9.17) is 0 Å². The van der Waals surface area contributed by atoms with E-state index in [-0.39, 0.29) is 21.9 Å². The van der Waals surface area contributed by atoms with E-state index in [1.54, 1.807) is 25.4 Å². The van der Waals surface area contributed by atoms with Crippen molar-refractivity contribution in [3.63, 3.8) is 0 Å². The van der Waals surface area contributed by atoms with E-state index in [0.29, 0.717) is 24.6 Å². The monoisotopic (exact) mass is 544 g/mol. The summed E-state index contributed by atoms with van der Waals surface area (Å²) in [5.74, 6) is -0.405. The Hall–Kier alpha value is -2.23. The van der Waals surface area contributed by atoms with Gasteiger partial charge >= 0.3 is 0 Å². The van der Waals surface area contributed by atoms with Crippen LogP contribution in [0.15, 0.2) is 34.1 Å². The van der Waals surface area contributed by atoms with Crippen LogP contribution in [-0.4, -0.2) is 66.9 Å². The zero-order valence-electron chi connectivity index (χ0n) is 23.2. The molecule has 2 aliphatic rings. The molecule has 0 spiro atoms. The summed E-state index contributed by atoms with van der Waals surface area (Å²) in [4.78, 5) is 29.2. The third kappa shape index (κ3) is 6.15. The lowest BCUT2D eigenvalue weighted by Gasteiger charge is -2.35. The van der Waals surface area contributed by atoms with Crippen molar-refractivity contribution in [1.29, 1.82) is 0 Å². The molecule has 4 rings (SSSR count). The molecule has 0 unspecified atom stereocenters. The van der Waals surface area contributed by atoms with Crippen molar-refractivity contribution < 1.29 is 13.2 Å². The summed E-state index contributed by atoms with van der Waals surface area (Å²) in [6.07, 6.45) is 12.2. The molecule has 2 aromatic rings. The second-order valence-electron chi connectivity index (χ2n) is 10.9. The first kappa shape index (κ1) is 28.8. The maximum absolute atomic E-state index is 13.5. The van der Waals surface area contributed by atoms with Crippen molar-refractivity contribution in [3.8, 4) is 0 Å². The van der Waals surface area contributed by atoms with Crippen LogP contribution in [0.25, 0.3) is 10.9 Å². The van der Waals surface area contributed by atoms with Gasteiger partial charge in [0.2, 0.25) is 15.5 Å². The fraction of sp³-hybridized carbons (Fsp3) is 0.655. The molecule has 2 fully saturated rings. The molecule has 1 aromatic heterocycles. The van der Waals surface area contributed by atoms with E-state index < -0.39 is 21.4 Å². The molecule has 210 valence electrons. The van der Waals surface area contributed by atoms with Crippen molar-refractivity contribution in [2.24, 2.45) is 0 Å². The van der Waals surface area contributed by atoms with Crippen LogP contribution in [0, 0.1) is 0 Å². The van der Waals surface area contributed by atoms with E-state index in [2.05, 4.69) is 17.1 Å². The topological polar surface area (TPSA) is 91.7 Å². The Labute approximate surface area is 227 Å². The predicted molar refractivity (Wildman–Crippen MR) is 152 cm³/mol. The summed E-state index contributed by atoms with van der Waals surface area (Å²) in [5.41, 5.74) is 0.254. The molecular weight excluding hydrogens is 500 g/mol. The number of nitrogens with zero attached hydrogens (tertiary/aromatic N) is 3. The van der Waals surface area contributed by atoms with Crippen LogP contribution in [0.5, 0.6) is 0 Å². The number of sulfonamides is 1. The molecule has 1 saturated carbocycles. The number of rotatable bonds is 10. The highest BCUT2D eigenvalue weighted by molar-refractivity contribution is 7.89. The number of fused-ring (bicyclic) bond motifs is 1. The lowest BCUT2D eigenvalue weighted by Crippen LogP contribution is -2.40. The second kappa shape index (κ2) is 12.7. The zero-order chi connectivity index (χ0) is 27.3. The fourth-order valence-electron chi connectivity index (χ4n) is 6.16. The first-order valence-corrected chi connectivity index (χ1v) is 15.9. The number of benzene rings is 1. The van der Waals surface area contributed by atoms with Gasteiger partial charge in [0, 0.05) is 50.3 Å². The lowest BCUT2D eigenvalue weighted by molar-refractivity contribution is 0.0945. The second-order valence-corrected chi connectivity index (χ2v) is 12.9. The number of piperidine rings is 1. The molecule has 0 bridgehead atoms. The predicted octanol–water partition coefficient (Wildman–Crippen LogP) is 4.36. The Morgan fingerprint density at radius 1 is 1.08 bits per heavy atom. The molecule has 8 nitrogen and oxygen atoms in total. The highest BCUT2D eigenvalue weighted by Gasteiger charge is 2.30. The normalized spacial score (nSPS) is 19.7. The Balaban J connectivity index is 1.53. The molecule has 2 heterocycles. The van der Waals surface area contributed by atoms with Crippen molar-refractivity contribution in [2.75, 3.05) is 26.7 Å². The highest BCUT2D eigenvalue weighted by atomic mass is 32.2. The van der Waals surface area contributed by atoms with Gasteiger partial charge in [-0.2, -0.15) is 4.31 Å². The third-order valence-electron chi connectivity index (χ3n) is 8.53. The maximum atomic E-state index is 13.5. The minimum atomic E-state index is -3.75. The summed E-state index contributed by atoms with van der Waals surface area (Å²) in [7, 11) is -2.12. The van der Waals surface area contributed by atoms with Gasteiger partial charge in [-0.1, -0.05) is 32.6 Å². The summed E-state index contributed by atoms with van der Waals surface area (Å²) in [5, 5.41) is 3.19. The quantitative estimate of drug-likeness (QED) is 0.449. The van der Waals surface area contributed by atoms with E-state index >= 15 is 0 Å². The van der Waals surface area contributed by atoms with Crippen LogP contribution in [0.1, 0.15) is 88.4 Å². The van der Waals surface area contributed by atoms with Crippen molar-refractivity contribution in [3.05, 3.63) is 40.2 Å². The summed E-state index contributed by atoms with van der Waals surface area (Å²) < 4.78 is 30.2. The summed E-state index contributed by atoms with van der Waals surface area (Å²) in [6.45, 7) is 7.27. The fourth-order valence-corrected chi connectivity index (χ4v) is 7.61. The van der Waals surface area contributed by atoms with Gasteiger partial charge in [0.15, 0.2) is 0 Å². The third-order valence-corrected chi connectivity index (χ3v) is 10.4. The standard InChI is InChI=1S/C29H44N4O4S/c1-4-22-12-9-10-18-33(22)19-11-17-30-29(35)26-21-32(5-2)27-16-15-24(20-25(27)28(26)34)38(36,37)31(3)23-13-7-6-8-14-23/h15-16,20-23H,4-14,17-19H2,1-3H3,(H,30,35)/t22-/m0/s1. The average Bonchev–Trinajstić information content (AvgIpc) is 2.95. The SMILES string of the molecule is CC[C@H]1CCCCN1CCCNC(=O)c1cn(CC)c2ccc(S(=O)(=O)N(C)C3CCCCC3)cc2c1=O. The molecule has 38 heavy (non-hydrogen) atoms. The molecular formula is C29H44N4O4S. The number of nitrogens with one attached hydrogen (secondary N) is 1. The summed E-state index contributed by atoms with van der Waals surface area (Å²) in [6, 6.07) is 5.32. The van der Waals surface area contributed by atoms with Crippen LogP contribution < -0.4 is 10.7 Å². The van der Waals surface area contributed by atoms with Crippen LogP contribution in [0.4, 0.5) is 0 Å². The molecule has 9 heteroatoms. The number of aromatic nitrogens is 1. The number of likely N-dealkylation sites (tertiary alicyclic amines) is 1. The largest absolute Gasteiger partial charge is 0.352 e. The van der Waals surface area contributed by atoms with Crippen molar-refractivity contribution >= 4 is 26.8 Å².